The van der Waals surface area contributed by atoms with Crippen molar-refractivity contribution in [2.45, 2.75) is 39.9 Å². The normalized spacial score (nSPS) is 10.9. The molecule has 196 valence electrons. The van der Waals surface area contributed by atoms with E-state index in [0.29, 0.717) is 0 Å². The largest absolute Gasteiger partial charge is 0.473 e. The summed E-state index contributed by atoms with van der Waals surface area (Å²) in [6, 6.07) is 0. The molecule has 1 N–H and O–H groups in total. The van der Waals surface area contributed by atoms with Crippen LogP contribution in [-0.2, 0) is 51.7 Å². The summed E-state index contributed by atoms with van der Waals surface area (Å²) in [5.74, 6) is -3.30. The lowest BCUT2D eigenvalue weighted by Crippen LogP contribution is -2.31. The van der Waals surface area contributed by atoms with Crippen LogP contribution in [0.15, 0.2) is 48.6 Å². The zero-order valence-corrected chi connectivity index (χ0v) is 21.1. The van der Waals surface area contributed by atoms with E-state index in [1.54, 1.807) is 0 Å². The lowest BCUT2D eigenvalue weighted by molar-refractivity contribution is -0.148. The molecule has 0 rings (SSSR count). The van der Waals surface area contributed by atoms with E-state index in [1.807, 2.05) is 0 Å². The second-order valence-electron chi connectivity index (χ2n) is 7.44. The molecule has 0 aromatic rings. The first-order valence-corrected chi connectivity index (χ1v) is 11.5. The van der Waals surface area contributed by atoms with Gasteiger partial charge in [0.05, 0.1) is 0 Å². The maximum absolute atomic E-state index is 12.6. The summed E-state index contributed by atoms with van der Waals surface area (Å²) < 4.78 is 42.2. The standard InChI is InChI=1S/C22H31O12P/c1-13(2)19(23)29-9-17(10-30-20(24)14(3)4)33-35(27,28)34-18(11-31-21(25)15(5)6)12-32-22(26)16(7)8/h17-18H,1,3,5,7,9-12H2,2,4,6,8H3,(H,27,28). The molecule has 0 saturated heterocycles. The molecule has 0 bridgehead atoms. The van der Waals surface area contributed by atoms with Gasteiger partial charge in [-0.1, -0.05) is 26.3 Å². The number of hydrogen-bond donors (Lipinski definition) is 1. The number of esters is 4. The Kier molecular flexibility index (Phi) is 13.7. The van der Waals surface area contributed by atoms with Gasteiger partial charge < -0.3 is 23.8 Å². The Bertz CT molecular complexity index is 789. The van der Waals surface area contributed by atoms with E-state index < -0.39 is 70.3 Å². The summed E-state index contributed by atoms with van der Waals surface area (Å²) in [6.07, 6.45) is -2.90. The van der Waals surface area contributed by atoms with Crippen molar-refractivity contribution in [3.8, 4) is 0 Å². The molecule has 13 heteroatoms. The number of carbonyl (C=O) groups is 4. The first-order chi connectivity index (χ1) is 16.1. The lowest BCUT2D eigenvalue weighted by Gasteiger charge is -2.24. The third kappa shape index (κ3) is 14.1. The number of ether oxygens (including phenoxy) is 4. The highest BCUT2D eigenvalue weighted by Gasteiger charge is 2.33. The van der Waals surface area contributed by atoms with Crippen LogP contribution in [0.1, 0.15) is 27.7 Å². The fourth-order valence-corrected chi connectivity index (χ4v) is 2.83. The Morgan fingerprint density at radius 1 is 0.600 bits per heavy atom. The molecule has 0 unspecified atom stereocenters. The fraction of sp³-hybridized carbons (Fsp3) is 0.455. The molecule has 0 aromatic heterocycles. The van der Waals surface area contributed by atoms with E-state index in [0.717, 1.165) is 0 Å². The zero-order chi connectivity index (χ0) is 27.3. The third-order valence-corrected chi connectivity index (χ3v) is 4.69. The molecule has 35 heavy (non-hydrogen) atoms. The van der Waals surface area contributed by atoms with Gasteiger partial charge in [-0.05, 0) is 27.7 Å². The van der Waals surface area contributed by atoms with E-state index in [2.05, 4.69) is 26.3 Å². The van der Waals surface area contributed by atoms with Crippen molar-refractivity contribution in [1.29, 1.82) is 0 Å². The van der Waals surface area contributed by atoms with Gasteiger partial charge in [-0.15, -0.1) is 0 Å². The van der Waals surface area contributed by atoms with Crippen molar-refractivity contribution < 1.29 is 56.6 Å². The van der Waals surface area contributed by atoms with Gasteiger partial charge in [0.15, 0.2) is 0 Å². The molecule has 0 fully saturated rings. The van der Waals surface area contributed by atoms with Gasteiger partial charge in [0.25, 0.3) is 0 Å². The molecule has 0 aliphatic heterocycles. The van der Waals surface area contributed by atoms with Crippen LogP contribution in [0.4, 0.5) is 0 Å². The highest BCUT2D eigenvalue weighted by atomic mass is 31.2. The van der Waals surface area contributed by atoms with E-state index >= 15 is 0 Å². The van der Waals surface area contributed by atoms with Gasteiger partial charge in [-0.25, -0.2) is 23.7 Å². The minimum Gasteiger partial charge on any atom is -0.459 e. The SMILES string of the molecule is C=C(C)C(=O)OCC(COC(=O)C(=C)C)OP(=O)(O)OC(COC(=O)C(=C)C)COC(=O)C(=C)C. The van der Waals surface area contributed by atoms with Gasteiger partial charge in [0.1, 0.15) is 38.6 Å². The van der Waals surface area contributed by atoms with Crippen LogP contribution < -0.4 is 0 Å². The second kappa shape index (κ2) is 15.0. The quantitative estimate of drug-likeness (QED) is 0.138. The Balaban J connectivity index is 5.47. The summed E-state index contributed by atoms with van der Waals surface area (Å²) in [7, 11) is -4.99. The molecule has 0 amide bonds. The number of carbonyl (C=O) groups excluding carboxylic acids is 4. The predicted molar refractivity (Wildman–Crippen MR) is 123 cm³/mol. The van der Waals surface area contributed by atoms with E-state index in [1.165, 1.54) is 27.7 Å². The Morgan fingerprint density at radius 3 is 0.971 bits per heavy atom. The monoisotopic (exact) mass is 518 g/mol. The number of phosphoric acid groups is 1. The molecule has 0 atom stereocenters. The van der Waals surface area contributed by atoms with Crippen molar-refractivity contribution in [3.05, 3.63) is 48.6 Å². The topological polar surface area (TPSA) is 161 Å². The summed E-state index contributed by atoms with van der Waals surface area (Å²) in [6.45, 7) is 16.7. The van der Waals surface area contributed by atoms with Crippen LogP contribution in [0, 0.1) is 0 Å². The molecule has 0 radical (unpaired) electrons. The highest BCUT2D eigenvalue weighted by Crippen LogP contribution is 2.46. The minimum atomic E-state index is -4.99. The van der Waals surface area contributed by atoms with E-state index in [4.69, 9.17) is 28.0 Å². The second-order valence-corrected chi connectivity index (χ2v) is 8.80. The van der Waals surface area contributed by atoms with Crippen molar-refractivity contribution in [1.82, 2.24) is 0 Å². The van der Waals surface area contributed by atoms with Crippen LogP contribution in [0.25, 0.3) is 0 Å². The van der Waals surface area contributed by atoms with E-state index in [-0.39, 0.29) is 22.3 Å². The van der Waals surface area contributed by atoms with Crippen molar-refractivity contribution in [2.75, 3.05) is 26.4 Å². The summed E-state index contributed by atoms with van der Waals surface area (Å²) in [4.78, 5) is 56.9. The van der Waals surface area contributed by atoms with Gasteiger partial charge in [0, 0.05) is 22.3 Å². The average molecular weight is 518 g/mol. The average Bonchev–Trinajstić information content (AvgIpc) is 2.75. The minimum absolute atomic E-state index is 0.0461. The summed E-state index contributed by atoms with van der Waals surface area (Å²) in [5.41, 5.74) is 0.185. The summed E-state index contributed by atoms with van der Waals surface area (Å²) in [5, 5.41) is 0. The molecular weight excluding hydrogens is 487 g/mol. The van der Waals surface area contributed by atoms with Crippen LogP contribution >= 0.6 is 7.82 Å². The van der Waals surface area contributed by atoms with Crippen molar-refractivity contribution in [3.63, 3.8) is 0 Å². The van der Waals surface area contributed by atoms with Crippen molar-refractivity contribution >= 4 is 31.7 Å². The summed E-state index contributed by atoms with van der Waals surface area (Å²) >= 11 is 0. The molecule has 0 saturated carbocycles. The number of rotatable bonds is 16. The maximum atomic E-state index is 12.6. The molecule has 12 nitrogen and oxygen atoms in total. The van der Waals surface area contributed by atoms with Gasteiger partial charge in [-0.3, -0.25) is 9.05 Å². The fourth-order valence-electron chi connectivity index (χ4n) is 1.79. The molecule has 0 spiro atoms. The Labute approximate surface area is 203 Å². The van der Waals surface area contributed by atoms with Crippen LogP contribution in [0.3, 0.4) is 0 Å². The van der Waals surface area contributed by atoms with Gasteiger partial charge >= 0.3 is 31.7 Å². The zero-order valence-electron chi connectivity index (χ0n) is 20.2. The molecule has 0 heterocycles. The van der Waals surface area contributed by atoms with Crippen LogP contribution in [-0.4, -0.2) is 67.4 Å². The molecular formula is C22H31O12P. The first-order valence-electron chi connectivity index (χ1n) is 10.1. The molecule has 0 aromatic carbocycles. The third-order valence-electron chi connectivity index (χ3n) is 3.56. The van der Waals surface area contributed by atoms with Crippen LogP contribution in [0.2, 0.25) is 0 Å². The first kappa shape index (κ1) is 31.9. The van der Waals surface area contributed by atoms with Crippen LogP contribution in [0.5, 0.6) is 0 Å². The molecule has 0 aliphatic rings. The number of phosphoric ester groups is 1. The predicted octanol–water partition coefficient (Wildman–Crippen LogP) is 2.33. The smallest absolute Gasteiger partial charge is 0.459 e. The van der Waals surface area contributed by atoms with Gasteiger partial charge in [0.2, 0.25) is 0 Å². The Morgan fingerprint density at radius 2 is 0.800 bits per heavy atom. The Hall–Kier alpha value is -3.05. The lowest BCUT2D eigenvalue weighted by atomic mass is 10.3. The van der Waals surface area contributed by atoms with Gasteiger partial charge in [-0.2, -0.15) is 0 Å². The van der Waals surface area contributed by atoms with E-state index in [9.17, 15) is 28.6 Å². The van der Waals surface area contributed by atoms with Crippen molar-refractivity contribution in [2.24, 2.45) is 0 Å². The maximum Gasteiger partial charge on any atom is 0.473 e. The molecule has 0 aliphatic carbocycles. The number of hydrogen-bond acceptors (Lipinski definition) is 11. The highest BCUT2D eigenvalue weighted by molar-refractivity contribution is 7.47.